The maximum Gasteiger partial charge on any atom is 0.305 e. The highest BCUT2D eigenvalue weighted by atomic mass is 16.5. The van der Waals surface area contributed by atoms with Gasteiger partial charge in [-0.15, -0.1) is 0 Å². The highest BCUT2D eigenvalue weighted by molar-refractivity contribution is 5.76. The number of allylic oxidation sites excluding steroid dienone is 7. The number of esters is 1. The Morgan fingerprint density at radius 3 is 1.21 bits per heavy atom. The molecule has 0 aliphatic carbocycles. The lowest BCUT2D eigenvalue weighted by Crippen LogP contribution is -2.45. The number of aliphatic hydroxyl groups is 2. The molecule has 398 valence electrons. The van der Waals surface area contributed by atoms with Crippen LogP contribution in [-0.4, -0.2) is 47.4 Å². The molecule has 0 rings (SSSR count). The highest BCUT2D eigenvalue weighted by Gasteiger charge is 2.18. The Hall–Kier alpha value is -2.18. The minimum Gasteiger partial charge on any atom is -0.466 e. The SMILES string of the molecule is CCC/C=C\C/C=C\CCCCCCCC(=O)OCCCCCCCC/C=C\CCCCCC(=O)NC(CO)C(O)/C=C/CCCCCCCCCCCCCCCCCCCCCCCCC. The van der Waals surface area contributed by atoms with Gasteiger partial charge in [0.15, 0.2) is 0 Å². The van der Waals surface area contributed by atoms with Gasteiger partial charge in [0.1, 0.15) is 0 Å². The van der Waals surface area contributed by atoms with Gasteiger partial charge in [-0.05, 0) is 83.5 Å². The first-order valence-corrected chi connectivity index (χ1v) is 29.9. The first-order chi connectivity index (χ1) is 33.5. The molecule has 0 spiro atoms. The molecule has 0 aliphatic heterocycles. The van der Waals surface area contributed by atoms with E-state index in [1.54, 1.807) is 6.08 Å². The summed E-state index contributed by atoms with van der Waals surface area (Å²) < 4.78 is 5.44. The summed E-state index contributed by atoms with van der Waals surface area (Å²) in [5.74, 6) is -0.126. The zero-order valence-corrected chi connectivity index (χ0v) is 45.3. The smallest absolute Gasteiger partial charge is 0.305 e. The minimum absolute atomic E-state index is 0.0294. The first kappa shape index (κ1) is 65.8. The molecule has 2 atom stereocenters. The molecule has 3 N–H and O–H groups in total. The maximum absolute atomic E-state index is 12.5. The third-order valence-electron chi connectivity index (χ3n) is 13.5. The van der Waals surface area contributed by atoms with Gasteiger partial charge < -0.3 is 20.3 Å². The van der Waals surface area contributed by atoms with Crippen LogP contribution in [0.2, 0.25) is 0 Å². The van der Waals surface area contributed by atoms with Crippen LogP contribution in [0.5, 0.6) is 0 Å². The number of aliphatic hydroxyl groups excluding tert-OH is 2. The van der Waals surface area contributed by atoms with Crippen molar-refractivity contribution in [3.8, 4) is 0 Å². The average Bonchev–Trinajstić information content (AvgIpc) is 3.34. The van der Waals surface area contributed by atoms with Crippen LogP contribution in [0.4, 0.5) is 0 Å². The van der Waals surface area contributed by atoms with Gasteiger partial charge in [-0.2, -0.15) is 0 Å². The topological polar surface area (TPSA) is 95.9 Å². The molecule has 0 aromatic heterocycles. The lowest BCUT2D eigenvalue weighted by molar-refractivity contribution is -0.143. The van der Waals surface area contributed by atoms with Crippen molar-refractivity contribution in [1.29, 1.82) is 0 Å². The van der Waals surface area contributed by atoms with E-state index in [-0.39, 0.29) is 18.5 Å². The molecule has 0 fully saturated rings. The molecule has 0 heterocycles. The Morgan fingerprint density at radius 1 is 0.412 bits per heavy atom. The monoisotopic (exact) mass is 954 g/mol. The molecule has 6 nitrogen and oxygen atoms in total. The van der Waals surface area contributed by atoms with Crippen molar-refractivity contribution in [2.24, 2.45) is 0 Å². The van der Waals surface area contributed by atoms with E-state index in [4.69, 9.17) is 4.74 Å². The number of unbranched alkanes of at least 4 members (excludes halogenated alkanes) is 38. The molecule has 0 radical (unpaired) electrons. The van der Waals surface area contributed by atoms with Crippen molar-refractivity contribution in [1.82, 2.24) is 5.32 Å². The molecule has 0 aromatic carbocycles. The predicted molar refractivity (Wildman–Crippen MR) is 296 cm³/mol. The molecule has 2 unspecified atom stereocenters. The number of nitrogens with one attached hydrogen (secondary N) is 1. The van der Waals surface area contributed by atoms with Crippen molar-refractivity contribution in [2.75, 3.05) is 13.2 Å². The molecule has 68 heavy (non-hydrogen) atoms. The largest absolute Gasteiger partial charge is 0.466 e. The second-order valence-corrected chi connectivity index (χ2v) is 20.3. The van der Waals surface area contributed by atoms with E-state index in [1.165, 1.54) is 199 Å². The van der Waals surface area contributed by atoms with Gasteiger partial charge in [-0.3, -0.25) is 9.59 Å². The van der Waals surface area contributed by atoms with E-state index in [9.17, 15) is 19.8 Å². The number of amides is 1. The Kier molecular flexibility index (Phi) is 55.6. The zero-order valence-electron chi connectivity index (χ0n) is 45.3. The van der Waals surface area contributed by atoms with Crippen molar-refractivity contribution in [2.45, 2.75) is 321 Å². The van der Waals surface area contributed by atoms with Gasteiger partial charge in [0.2, 0.25) is 5.91 Å². The van der Waals surface area contributed by atoms with Crippen LogP contribution in [-0.2, 0) is 14.3 Å². The first-order valence-electron chi connectivity index (χ1n) is 29.9. The quantitative estimate of drug-likeness (QED) is 0.0321. The third kappa shape index (κ3) is 53.2. The van der Waals surface area contributed by atoms with Gasteiger partial charge >= 0.3 is 5.97 Å². The van der Waals surface area contributed by atoms with Crippen LogP contribution < -0.4 is 5.32 Å². The molecule has 6 heteroatoms. The molecule has 1 amide bonds. The van der Waals surface area contributed by atoms with Crippen molar-refractivity contribution >= 4 is 11.9 Å². The maximum atomic E-state index is 12.5. The van der Waals surface area contributed by atoms with Gasteiger partial charge in [0, 0.05) is 12.8 Å². The van der Waals surface area contributed by atoms with Gasteiger partial charge in [0.05, 0.1) is 25.4 Å². The average molecular weight is 955 g/mol. The van der Waals surface area contributed by atoms with Crippen LogP contribution >= 0.6 is 0 Å². The lowest BCUT2D eigenvalue weighted by Gasteiger charge is -2.19. The third-order valence-corrected chi connectivity index (χ3v) is 13.5. The molecule has 0 aromatic rings. The Balaban J connectivity index is 3.53. The number of hydrogen-bond acceptors (Lipinski definition) is 5. The highest BCUT2D eigenvalue weighted by Crippen LogP contribution is 2.17. The summed E-state index contributed by atoms with van der Waals surface area (Å²) >= 11 is 0. The Morgan fingerprint density at radius 2 is 0.765 bits per heavy atom. The fourth-order valence-electron chi connectivity index (χ4n) is 8.96. The summed E-state index contributed by atoms with van der Waals surface area (Å²) in [6, 6.07) is -0.651. The fraction of sp³-hybridized carbons (Fsp3) is 0.839. The van der Waals surface area contributed by atoms with Crippen LogP contribution in [0.15, 0.2) is 48.6 Å². The van der Waals surface area contributed by atoms with Gasteiger partial charge in [0.25, 0.3) is 0 Å². The fourth-order valence-corrected chi connectivity index (χ4v) is 8.96. The van der Waals surface area contributed by atoms with E-state index < -0.39 is 12.1 Å². The van der Waals surface area contributed by atoms with Crippen LogP contribution in [0, 0.1) is 0 Å². The zero-order chi connectivity index (χ0) is 49.3. The van der Waals surface area contributed by atoms with E-state index in [0.717, 1.165) is 83.5 Å². The predicted octanol–water partition coefficient (Wildman–Crippen LogP) is 18.6. The number of rotatable bonds is 55. The molecule has 0 aliphatic rings. The Labute approximate surface area is 423 Å². The minimum atomic E-state index is -0.865. The van der Waals surface area contributed by atoms with Crippen molar-refractivity contribution in [3.63, 3.8) is 0 Å². The molecular formula is C62H115NO5. The summed E-state index contributed by atoms with van der Waals surface area (Å²) in [7, 11) is 0. The molecule has 0 saturated carbocycles. The Bertz CT molecular complexity index is 1150. The molecular weight excluding hydrogens is 839 g/mol. The van der Waals surface area contributed by atoms with Crippen LogP contribution in [0.3, 0.4) is 0 Å². The number of ether oxygens (including phenoxy) is 1. The normalized spacial score (nSPS) is 12.9. The van der Waals surface area contributed by atoms with Crippen LogP contribution in [0.1, 0.15) is 309 Å². The standard InChI is InChI=1S/C62H115NO5/c1-3-5-7-9-11-13-15-17-18-19-20-21-22-23-24-25-26-27-28-31-34-38-42-46-50-54-60(65)59(58-64)63-61(66)55-51-47-43-39-35-32-29-33-37-41-45-49-53-57-68-62(67)56-52-48-44-40-36-30-16-14-12-10-8-6-4-2/h8,10,14,16,32,35,50,54,59-60,64-65H,3-7,9,11-13,15,17-31,33-34,36-49,51-53,55-58H2,1-2H3,(H,63,66)/b10-8-,16-14-,35-32-,54-50+. The molecule has 0 saturated heterocycles. The van der Waals surface area contributed by atoms with E-state index in [2.05, 4.69) is 55.6 Å². The summed E-state index contributed by atoms with van der Waals surface area (Å²) in [6.07, 6.45) is 72.9. The second kappa shape index (κ2) is 57.4. The molecule has 0 bridgehead atoms. The lowest BCUT2D eigenvalue weighted by atomic mass is 10.0. The van der Waals surface area contributed by atoms with Crippen LogP contribution in [0.25, 0.3) is 0 Å². The number of carbonyl (C=O) groups is 2. The summed E-state index contributed by atoms with van der Waals surface area (Å²) in [4.78, 5) is 24.5. The van der Waals surface area contributed by atoms with E-state index in [1.807, 2.05) is 6.08 Å². The number of hydrogen-bond donors (Lipinski definition) is 3. The van der Waals surface area contributed by atoms with Gasteiger partial charge in [-0.1, -0.05) is 262 Å². The summed E-state index contributed by atoms with van der Waals surface area (Å²) in [5, 5.41) is 23.2. The van der Waals surface area contributed by atoms with Crippen molar-refractivity contribution < 1.29 is 24.5 Å². The van der Waals surface area contributed by atoms with E-state index in [0.29, 0.717) is 19.4 Å². The number of carbonyl (C=O) groups excluding carboxylic acids is 2. The second-order valence-electron chi connectivity index (χ2n) is 20.3. The summed E-state index contributed by atoms with van der Waals surface area (Å²) in [6.45, 7) is 4.80. The summed E-state index contributed by atoms with van der Waals surface area (Å²) in [5.41, 5.74) is 0. The van der Waals surface area contributed by atoms with Crippen molar-refractivity contribution in [3.05, 3.63) is 48.6 Å². The van der Waals surface area contributed by atoms with Gasteiger partial charge in [-0.25, -0.2) is 0 Å². The van der Waals surface area contributed by atoms with E-state index >= 15 is 0 Å².